The molecule has 0 bridgehead atoms. The predicted octanol–water partition coefficient (Wildman–Crippen LogP) is 3.27. The van der Waals surface area contributed by atoms with Crippen LogP contribution in [0.5, 0.6) is 5.75 Å². The number of hydrogen-bond acceptors (Lipinski definition) is 6. The quantitative estimate of drug-likeness (QED) is 0.238. The number of carbonyl (C=O) groups excluding carboxylic acids is 1. The van der Waals surface area contributed by atoms with E-state index in [4.69, 9.17) is 14.6 Å². The largest absolute Gasteiger partial charge is 1.00 e. The first-order valence-electron chi connectivity index (χ1n) is 10.6. The number of ether oxygens (including phenoxy) is 1. The number of carbonyl (C=O) groups is 2. The molecule has 1 aromatic heterocycles. The number of amidine groups is 1. The SMILES string of the molecule is CC(=O)O.O=C1NC(=Nc2cc[c-]cc2)S/C1=C/c1cc2ccccc2cc1OCc1cccs1.[Na+]. The second-order valence-corrected chi connectivity index (χ2v) is 9.43. The van der Waals surface area contributed by atoms with Gasteiger partial charge in [-0.1, -0.05) is 30.3 Å². The molecule has 0 radical (unpaired) electrons. The number of benzene rings is 3. The van der Waals surface area contributed by atoms with Gasteiger partial charge in [0.1, 0.15) is 12.4 Å². The Hall–Kier alpha value is -2.88. The van der Waals surface area contributed by atoms with Gasteiger partial charge in [0.15, 0.2) is 5.17 Å². The Morgan fingerprint density at radius 3 is 2.47 bits per heavy atom. The van der Waals surface area contributed by atoms with Gasteiger partial charge in [-0.05, 0) is 57.9 Å². The summed E-state index contributed by atoms with van der Waals surface area (Å²) in [5.41, 5.74) is 1.64. The maximum Gasteiger partial charge on any atom is 1.00 e. The Bertz CT molecular complexity index is 1400. The third-order valence-electron chi connectivity index (χ3n) is 4.70. The minimum Gasteiger partial charge on any atom is -0.487 e. The second kappa shape index (κ2) is 13.4. The Morgan fingerprint density at radius 2 is 1.81 bits per heavy atom. The van der Waals surface area contributed by atoms with Gasteiger partial charge >= 0.3 is 29.6 Å². The molecule has 5 rings (SSSR count). The van der Waals surface area contributed by atoms with Gasteiger partial charge in [0, 0.05) is 17.4 Å². The molecule has 0 unspecified atom stereocenters. The summed E-state index contributed by atoms with van der Waals surface area (Å²) in [6.07, 6.45) is 1.87. The van der Waals surface area contributed by atoms with Crippen LogP contribution in [0.25, 0.3) is 16.8 Å². The van der Waals surface area contributed by atoms with Crippen molar-refractivity contribution < 1.29 is 49.0 Å². The number of aliphatic imine (C=N–C) groups is 1. The van der Waals surface area contributed by atoms with Crippen molar-refractivity contribution in [2.75, 3.05) is 0 Å². The molecule has 2 N–H and O–H groups in total. The third-order valence-corrected chi connectivity index (χ3v) is 6.46. The molecule has 6 nitrogen and oxygen atoms in total. The van der Waals surface area contributed by atoms with Crippen LogP contribution in [-0.2, 0) is 16.2 Å². The first kappa shape index (κ1) is 27.7. The number of thioether (sulfide) groups is 1. The summed E-state index contributed by atoms with van der Waals surface area (Å²) in [6, 6.07) is 26.5. The van der Waals surface area contributed by atoms with Gasteiger partial charge in [0.25, 0.3) is 11.9 Å². The Balaban J connectivity index is 0.000000674. The van der Waals surface area contributed by atoms with E-state index in [9.17, 15) is 4.79 Å². The van der Waals surface area contributed by atoms with Crippen LogP contribution in [0.3, 0.4) is 0 Å². The molecule has 1 aliphatic heterocycles. The monoisotopic (exact) mass is 524 g/mol. The van der Waals surface area contributed by atoms with E-state index in [-0.39, 0.29) is 35.5 Å². The van der Waals surface area contributed by atoms with Crippen molar-refractivity contribution in [2.45, 2.75) is 13.5 Å². The predicted molar refractivity (Wildman–Crippen MR) is 142 cm³/mol. The molecule has 1 amide bonds. The van der Waals surface area contributed by atoms with Gasteiger partial charge in [-0.25, -0.2) is 0 Å². The first-order chi connectivity index (χ1) is 17.0. The third kappa shape index (κ3) is 7.81. The molecule has 0 aliphatic carbocycles. The first-order valence-corrected chi connectivity index (χ1v) is 12.3. The number of thiophene rings is 1. The number of carboxylic acid groups (broad SMARTS) is 1. The van der Waals surface area contributed by atoms with Gasteiger partial charge < -0.3 is 15.2 Å². The zero-order valence-electron chi connectivity index (χ0n) is 19.7. The van der Waals surface area contributed by atoms with E-state index < -0.39 is 5.97 Å². The van der Waals surface area contributed by atoms with E-state index in [0.29, 0.717) is 16.7 Å². The summed E-state index contributed by atoms with van der Waals surface area (Å²) >= 11 is 2.98. The Labute approximate surface area is 239 Å². The summed E-state index contributed by atoms with van der Waals surface area (Å²) in [5, 5.41) is 15.0. The van der Waals surface area contributed by atoms with Crippen molar-refractivity contribution in [3.8, 4) is 5.75 Å². The standard InChI is InChI=1S/C25H17N2O2S2.C2H4O2.Na/c28-24-23(31-25(27-24)26-20-9-2-1-3-10-20)15-19-13-17-7-4-5-8-18(17)14-22(19)29-16-21-11-6-12-30-21;1-2(3)4;/h2-15H,16H2,(H,26,27,28);1H3,(H,3,4);/q-1;;+1/b23-15+;;. The molecule has 0 saturated carbocycles. The van der Waals surface area contributed by atoms with Crippen molar-refractivity contribution in [3.63, 3.8) is 0 Å². The van der Waals surface area contributed by atoms with Crippen molar-refractivity contribution in [1.29, 1.82) is 0 Å². The normalized spacial score (nSPS) is 14.6. The molecule has 1 saturated heterocycles. The molecule has 9 heteroatoms. The van der Waals surface area contributed by atoms with E-state index in [2.05, 4.69) is 34.6 Å². The van der Waals surface area contributed by atoms with E-state index in [1.54, 1.807) is 23.5 Å². The molecule has 1 fully saturated rings. The molecule has 0 spiro atoms. The molecule has 176 valence electrons. The molecular weight excluding hydrogens is 503 g/mol. The molecule has 4 aromatic rings. The van der Waals surface area contributed by atoms with E-state index in [1.165, 1.54) is 11.8 Å². The Kier molecular flexibility index (Phi) is 10.3. The topological polar surface area (TPSA) is 88.0 Å². The average Bonchev–Trinajstić information content (AvgIpc) is 3.47. The maximum atomic E-state index is 12.6. The van der Waals surface area contributed by atoms with Gasteiger partial charge in [-0.2, -0.15) is 18.2 Å². The summed E-state index contributed by atoms with van der Waals surface area (Å²) in [4.78, 5) is 27.8. The van der Waals surface area contributed by atoms with Crippen LogP contribution in [0.1, 0.15) is 17.4 Å². The van der Waals surface area contributed by atoms with E-state index in [0.717, 1.165) is 39.6 Å². The molecule has 0 atom stereocenters. The number of rotatable bonds is 5. The van der Waals surface area contributed by atoms with Gasteiger partial charge in [0.2, 0.25) is 0 Å². The summed E-state index contributed by atoms with van der Waals surface area (Å²) in [6.45, 7) is 1.57. The number of fused-ring (bicyclic) bond motifs is 1. The van der Waals surface area contributed by atoms with Crippen LogP contribution in [-0.4, -0.2) is 22.2 Å². The number of amides is 1. The summed E-state index contributed by atoms with van der Waals surface area (Å²) in [7, 11) is 0. The zero-order chi connectivity index (χ0) is 24.6. The van der Waals surface area contributed by atoms with Crippen LogP contribution in [0.15, 0.2) is 88.1 Å². The number of carboxylic acids is 1. The molecule has 2 heterocycles. The molecule has 1 aliphatic rings. The van der Waals surface area contributed by atoms with Crippen LogP contribution in [0.4, 0.5) is 5.69 Å². The van der Waals surface area contributed by atoms with Gasteiger partial charge in [-0.15, -0.1) is 23.5 Å². The minimum atomic E-state index is -0.833. The van der Waals surface area contributed by atoms with Crippen molar-refractivity contribution in [1.82, 2.24) is 5.32 Å². The molecular formula is C27H21N2NaO4S2. The van der Waals surface area contributed by atoms with Crippen molar-refractivity contribution in [2.24, 2.45) is 4.99 Å². The van der Waals surface area contributed by atoms with Crippen LogP contribution in [0, 0.1) is 6.07 Å². The van der Waals surface area contributed by atoms with E-state index in [1.807, 2.05) is 53.9 Å². The van der Waals surface area contributed by atoms with Crippen LogP contribution >= 0.6 is 23.1 Å². The summed E-state index contributed by atoms with van der Waals surface area (Å²) in [5.74, 6) is -0.249. The number of nitrogens with zero attached hydrogens (tertiary/aromatic N) is 1. The number of aliphatic carboxylic acids is 1. The number of hydrogen-bond donors (Lipinski definition) is 2. The second-order valence-electron chi connectivity index (χ2n) is 7.36. The van der Waals surface area contributed by atoms with Crippen molar-refractivity contribution >= 4 is 62.7 Å². The summed E-state index contributed by atoms with van der Waals surface area (Å²) < 4.78 is 6.15. The zero-order valence-corrected chi connectivity index (χ0v) is 23.4. The minimum absolute atomic E-state index is 0. The fourth-order valence-electron chi connectivity index (χ4n) is 3.21. The number of nitrogens with one attached hydrogen (secondary N) is 1. The Morgan fingerprint density at radius 1 is 1.11 bits per heavy atom. The van der Waals surface area contributed by atoms with Gasteiger partial charge in [-0.3, -0.25) is 14.6 Å². The van der Waals surface area contributed by atoms with Crippen molar-refractivity contribution in [3.05, 3.63) is 99.6 Å². The van der Waals surface area contributed by atoms with E-state index >= 15 is 0 Å². The van der Waals surface area contributed by atoms with Gasteiger partial charge in [0.05, 0.1) is 4.91 Å². The fourth-order valence-corrected chi connectivity index (χ4v) is 4.66. The maximum absolute atomic E-state index is 12.6. The van der Waals surface area contributed by atoms with Crippen LogP contribution < -0.4 is 39.6 Å². The molecule has 3 aromatic carbocycles. The molecule has 36 heavy (non-hydrogen) atoms. The smallest absolute Gasteiger partial charge is 0.487 e. The van der Waals surface area contributed by atoms with Crippen LogP contribution in [0.2, 0.25) is 0 Å². The fraction of sp³-hybridized carbons (Fsp3) is 0.0741. The average molecular weight is 525 g/mol.